The fourth-order valence-electron chi connectivity index (χ4n) is 6.29. The molecule has 53 heavy (non-hydrogen) atoms. The van der Waals surface area contributed by atoms with Crippen LogP contribution in [-0.2, 0) is 27.5 Å². The third kappa shape index (κ3) is 7.89. The third-order valence-electron chi connectivity index (χ3n) is 8.96. The molecule has 5 aromatic carbocycles. The molecule has 7 heteroatoms. The Bertz CT molecular complexity index is 2510. The van der Waals surface area contributed by atoms with Gasteiger partial charge in [-0.2, -0.15) is 0 Å². The number of hydrogen-bond donors (Lipinski definition) is 1. The van der Waals surface area contributed by atoms with E-state index < -0.39 is 0 Å². The Balaban J connectivity index is 0.00000435. The molecule has 0 radical (unpaired) electrons. The second kappa shape index (κ2) is 15.6. The molecule has 260 valence electrons. The number of pyridine rings is 3. The van der Waals surface area contributed by atoms with E-state index in [1.165, 1.54) is 24.3 Å². The van der Waals surface area contributed by atoms with E-state index in [0.29, 0.717) is 34.8 Å². The molecule has 0 aliphatic rings. The summed E-state index contributed by atoms with van der Waals surface area (Å²) in [6.07, 6.45) is 4.12. The Hall–Kier alpha value is -6.10. The molecule has 3 heterocycles. The first-order valence-electron chi connectivity index (χ1n) is 16.8. The second-order valence-electron chi connectivity index (χ2n) is 12.5. The van der Waals surface area contributed by atoms with Gasteiger partial charge in [0.2, 0.25) is 0 Å². The summed E-state index contributed by atoms with van der Waals surface area (Å²) >= 11 is 0. The second-order valence-corrected chi connectivity index (χ2v) is 12.5. The van der Waals surface area contributed by atoms with Crippen molar-refractivity contribution in [3.63, 3.8) is 0 Å². The van der Waals surface area contributed by atoms with Crippen LogP contribution in [0, 0.1) is 17.7 Å². The molecule has 0 saturated heterocycles. The van der Waals surface area contributed by atoms with E-state index in [-0.39, 0.29) is 38.4 Å². The third-order valence-corrected chi connectivity index (χ3v) is 8.96. The molecule has 8 aromatic rings. The van der Waals surface area contributed by atoms with Crippen molar-refractivity contribution >= 4 is 0 Å². The van der Waals surface area contributed by atoms with Crippen molar-refractivity contribution in [1.82, 2.24) is 15.0 Å². The average Bonchev–Trinajstić information content (AvgIpc) is 3.19. The molecule has 1 N–H and O–H groups in total. The summed E-state index contributed by atoms with van der Waals surface area (Å²) in [5.41, 5.74) is 10.8. The normalized spacial score (nSPS) is 10.8. The van der Waals surface area contributed by atoms with E-state index in [1.807, 2.05) is 78.9 Å². The average molecular weight is 874 g/mol. The number of aromatic nitrogens is 3. The summed E-state index contributed by atoms with van der Waals surface area (Å²) < 4.78 is 27.7. The first-order chi connectivity index (χ1) is 25.5. The first-order valence-corrected chi connectivity index (χ1v) is 16.8. The van der Waals surface area contributed by atoms with Gasteiger partial charge in [0.1, 0.15) is 23.1 Å². The quantitative estimate of drug-likeness (QED) is 0.155. The van der Waals surface area contributed by atoms with Crippen molar-refractivity contribution < 1.29 is 35.0 Å². The maximum absolute atomic E-state index is 14.0. The van der Waals surface area contributed by atoms with Gasteiger partial charge in [0.15, 0.2) is 0 Å². The summed E-state index contributed by atoms with van der Waals surface area (Å²) in [6.45, 7) is 0. The number of nitrogens with zero attached hydrogens (tertiary/aromatic N) is 3. The minimum absolute atomic E-state index is 0. The number of halogens is 2. The Morgan fingerprint density at radius 1 is 0.528 bits per heavy atom. The zero-order valence-corrected chi connectivity index (χ0v) is 30.4. The van der Waals surface area contributed by atoms with Crippen molar-refractivity contribution in [3.05, 3.63) is 193 Å². The number of benzene rings is 5. The van der Waals surface area contributed by atoms with Crippen LogP contribution in [0.3, 0.4) is 0 Å². The van der Waals surface area contributed by atoms with Gasteiger partial charge in [-0.25, -0.2) is 8.78 Å². The fraction of sp³-hybridized carbons (Fsp3) is 0.0217. The van der Waals surface area contributed by atoms with Crippen LogP contribution in [0.4, 0.5) is 8.78 Å². The standard InChI is InChI=1S/C46H30F2N3O.Pt/c47-39-17-13-32(14-18-39)34-21-22-49-43(25-34)41-24-36(12-11-35(41)23-30-7-3-1-4-8-30)42-26-37(33-15-19-40(48)20-16-33)27-44(51-42)46-45(52)28-38(29-50-46)31-9-5-2-6-10-31;/h1-22,25-29,52H,23H2;/q-1;. The van der Waals surface area contributed by atoms with E-state index in [0.717, 1.165) is 50.1 Å². The maximum atomic E-state index is 14.0. The van der Waals surface area contributed by atoms with Crippen LogP contribution in [0.5, 0.6) is 5.75 Å². The van der Waals surface area contributed by atoms with Crippen LogP contribution in [-0.4, -0.2) is 20.1 Å². The molecule has 0 saturated carbocycles. The van der Waals surface area contributed by atoms with Gasteiger partial charge < -0.3 is 5.11 Å². The summed E-state index contributed by atoms with van der Waals surface area (Å²) in [5.74, 6) is -0.647. The SMILES string of the molecule is Oc1cc(-c2ccccc2)cnc1-c1cc(-c2ccc(F)cc2)cc(-c2[c-]c(-c3cc(-c4ccc(F)cc4)ccn3)c(Cc3ccccc3)cc2)n1.[Pt]. The maximum Gasteiger partial charge on any atom is 0.144 e. The smallest absolute Gasteiger partial charge is 0.144 e. The van der Waals surface area contributed by atoms with E-state index in [4.69, 9.17) is 9.97 Å². The summed E-state index contributed by atoms with van der Waals surface area (Å²) in [4.78, 5) is 14.4. The predicted octanol–water partition coefficient (Wildman–Crippen LogP) is 11.2. The van der Waals surface area contributed by atoms with E-state index in [2.05, 4.69) is 29.2 Å². The first kappa shape index (κ1) is 35.3. The van der Waals surface area contributed by atoms with Crippen molar-refractivity contribution in [1.29, 1.82) is 0 Å². The molecule has 3 aromatic heterocycles. The van der Waals surface area contributed by atoms with Crippen LogP contribution in [0.2, 0.25) is 0 Å². The molecule has 8 rings (SSSR count). The molecular weight excluding hydrogens is 844 g/mol. The molecular formula is C46H30F2N3OPt-. The van der Waals surface area contributed by atoms with Gasteiger partial charge in [-0.15, -0.1) is 23.8 Å². The number of rotatable bonds is 8. The molecule has 0 atom stereocenters. The molecule has 0 amide bonds. The Kier molecular flexibility index (Phi) is 10.4. The Morgan fingerprint density at radius 2 is 1.13 bits per heavy atom. The van der Waals surface area contributed by atoms with Gasteiger partial charge in [-0.1, -0.05) is 114 Å². The number of hydrogen-bond acceptors (Lipinski definition) is 4. The van der Waals surface area contributed by atoms with Crippen molar-refractivity contribution in [2.24, 2.45) is 0 Å². The monoisotopic (exact) mass is 873 g/mol. The molecule has 0 aliphatic carbocycles. The van der Waals surface area contributed by atoms with Gasteiger partial charge in [-0.3, -0.25) is 15.0 Å². The molecule has 0 bridgehead atoms. The van der Waals surface area contributed by atoms with Crippen LogP contribution in [0.25, 0.3) is 67.3 Å². The zero-order chi connectivity index (χ0) is 35.4. The predicted molar refractivity (Wildman–Crippen MR) is 202 cm³/mol. The van der Waals surface area contributed by atoms with Gasteiger partial charge in [0.25, 0.3) is 0 Å². The zero-order valence-electron chi connectivity index (χ0n) is 28.2. The van der Waals surface area contributed by atoms with Crippen molar-refractivity contribution in [2.75, 3.05) is 0 Å². The largest absolute Gasteiger partial charge is 0.506 e. The van der Waals surface area contributed by atoms with E-state index in [1.54, 1.807) is 42.7 Å². The summed E-state index contributed by atoms with van der Waals surface area (Å²) in [6, 6.07) is 49.6. The molecule has 0 spiro atoms. The van der Waals surface area contributed by atoms with Gasteiger partial charge in [0, 0.05) is 50.4 Å². The van der Waals surface area contributed by atoms with Gasteiger partial charge in [0.05, 0.1) is 5.69 Å². The van der Waals surface area contributed by atoms with Crippen LogP contribution < -0.4 is 0 Å². The van der Waals surface area contributed by atoms with E-state index in [9.17, 15) is 13.9 Å². The van der Waals surface area contributed by atoms with Crippen LogP contribution >= 0.6 is 0 Å². The summed E-state index contributed by atoms with van der Waals surface area (Å²) in [7, 11) is 0. The van der Waals surface area contributed by atoms with Gasteiger partial charge >= 0.3 is 0 Å². The Labute approximate surface area is 320 Å². The molecule has 0 fully saturated rings. The minimum Gasteiger partial charge on any atom is -0.506 e. The number of aromatic hydroxyl groups is 1. The molecule has 0 unspecified atom stereocenters. The molecule has 0 aliphatic heterocycles. The van der Waals surface area contributed by atoms with Crippen molar-refractivity contribution in [2.45, 2.75) is 6.42 Å². The van der Waals surface area contributed by atoms with Crippen LogP contribution in [0.15, 0.2) is 164 Å². The minimum atomic E-state index is -0.337. The van der Waals surface area contributed by atoms with Crippen molar-refractivity contribution in [3.8, 4) is 73.0 Å². The van der Waals surface area contributed by atoms with Crippen LogP contribution in [0.1, 0.15) is 11.1 Å². The molecule has 4 nitrogen and oxygen atoms in total. The Morgan fingerprint density at radius 3 is 1.81 bits per heavy atom. The van der Waals surface area contributed by atoms with Gasteiger partial charge in [-0.05, 0) is 76.7 Å². The topological polar surface area (TPSA) is 58.9 Å². The van der Waals surface area contributed by atoms with E-state index >= 15 is 0 Å². The fourth-order valence-corrected chi connectivity index (χ4v) is 6.29. The summed E-state index contributed by atoms with van der Waals surface area (Å²) in [5, 5.41) is 11.3.